The number of benzene rings is 2. The number of hydrogen-bond acceptors (Lipinski definition) is 7. The van der Waals surface area contributed by atoms with Gasteiger partial charge in [-0.2, -0.15) is 4.72 Å². The number of carbonyl (C=O) groups excluding carboxylic acids is 2. The number of amides is 1. The van der Waals surface area contributed by atoms with Crippen molar-refractivity contribution < 1.29 is 32.2 Å². The third-order valence-electron chi connectivity index (χ3n) is 4.73. The summed E-state index contributed by atoms with van der Waals surface area (Å²) in [5, 5.41) is 0. The summed E-state index contributed by atoms with van der Waals surface area (Å²) in [5.41, 5.74) is 0.935. The highest BCUT2D eigenvalue weighted by Crippen LogP contribution is 2.31. The van der Waals surface area contributed by atoms with Crippen molar-refractivity contribution in [2.75, 3.05) is 26.8 Å². The molecule has 0 bridgehead atoms. The first kappa shape index (κ1) is 23.6. The maximum absolute atomic E-state index is 12.5. The van der Waals surface area contributed by atoms with Crippen LogP contribution in [0.25, 0.3) is 0 Å². The van der Waals surface area contributed by atoms with Crippen LogP contribution in [0.1, 0.15) is 18.9 Å². The Kier molecular flexibility index (Phi) is 7.70. The second-order valence-electron chi connectivity index (χ2n) is 7.30. The van der Waals surface area contributed by atoms with Gasteiger partial charge >= 0.3 is 5.97 Å². The first-order chi connectivity index (χ1) is 15.3. The van der Waals surface area contributed by atoms with Crippen LogP contribution in [-0.2, 0) is 30.9 Å². The molecule has 9 nitrogen and oxygen atoms in total. The standard InChI is InChI=1S/C22H26N2O7S/c1-16(22(26)24(2)15-17-7-4-3-5-8-17)31-21(25)14-23-32(27,28)18-9-10-19-20(13-18)30-12-6-11-29-19/h3-5,7-10,13,16,23H,6,11-12,14-15H2,1-2H3. The van der Waals surface area contributed by atoms with Gasteiger partial charge in [-0.1, -0.05) is 30.3 Å². The summed E-state index contributed by atoms with van der Waals surface area (Å²) in [7, 11) is -2.39. The number of likely N-dealkylation sites (N-methyl/N-ethyl adjacent to an activating group) is 1. The average molecular weight is 463 g/mol. The van der Waals surface area contributed by atoms with Gasteiger partial charge < -0.3 is 19.1 Å². The van der Waals surface area contributed by atoms with Gasteiger partial charge in [-0.25, -0.2) is 8.42 Å². The van der Waals surface area contributed by atoms with Gasteiger partial charge in [0.15, 0.2) is 17.6 Å². The minimum atomic E-state index is -4.00. The number of nitrogens with one attached hydrogen (secondary N) is 1. The summed E-state index contributed by atoms with van der Waals surface area (Å²) in [4.78, 5) is 26.0. The fourth-order valence-corrected chi connectivity index (χ4v) is 4.07. The Hall–Kier alpha value is -3.11. The van der Waals surface area contributed by atoms with Gasteiger partial charge in [0, 0.05) is 26.1 Å². The van der Waals surface area contributed by atoms with Crippen molar-refractivity contribution in [3.63, 3.8) is 0 Å². The van der Waals surface area contributed by atoms with Crippen LogP contribution < -0.4 is 14.2 Å². The number of carbonyl (C=O) groups is 2. The molecule has 1 heterocycles. The molecule has 1 amide bonds. The molecule has 32 heavy (non-hydrogen) atoms. The molecule has 0 spiro atoms. The molecule has 3 rings (SSSR count). The van der Waals surface area contributed by atoms with Crippen LogP contribution >= 0.6 is 0 Å². The van der Waals surface area contributed by atoms with Crippen molar-refractivity contribution in [3.05, 3.63) is 54.1 Å². The second-order valence-corrected chi connectivity index (χ2v) is 9.06. The Balaban J connectivity index is 1.53. The van der Waals surface area contributed by atoms with Gasteiger partial charge in [-0.3, -0.25) is 9.59 Å². The largest absolute Gasteiger partial charge is 0.490 e. The maximum Gasteiger partial charge on any atom is 0.321 e. The first-order valence-electron chi connectivity index (χ1n) is 10.1. The molecule has 0 aliphatic carbocycles. The number of rotatable bonds is 8. The Morgan fingerprint density at radius 3 is 2.50 bits per heavy atom. The molecule has 0 saturated carbocycles. The Morgan fingerprint density at radius 1 is 1.09 bits per heavy atom. The SMILES string of the molecule is CC(OC(=O)CNS(=O)(=O)c1ccc2c(c1)OCCCO2)C(=O)N(C)Cc1ccccc1. The molecule has 10 heteroatoms. The van der Waals surface area contributed by atoms with E-state index in [1.54, 1.807) is 7.05 Å². The van der Waals surface area contributed by atoms with Crippen LogP contribution in [0.4, 0.5) is 0 Å². The third kappa shape index (κ3) is 6.21. The minimum Gasteiger partial charge on any atom is -0.490 e. The van der Waals surface area contributed by atoms with Crippen molar-refractivity contribution in [2.45, 2.75) is 30.9 Å². The molecule has 1 unspecified atom stereocenters. The van der Waals surface area contributed by atoms with E-state index in [1.807, 2.05) is 30.3 Å². The van der Waals surface area contributed by atoms with Crippen molar-refractivity contribution in [1.82, 2.24) is 9.62 Å². The molecule has 1 atom stereocenters. The zero-order chi connectivity index (χ0) is 23.1. The molecule has 2 aromatic rings. The fraction of sp³-hybridized carbons (Fsp3) is 0.364. The molecule has 0 aromatic heterocycles. The molecule has 0 radical (unpaired) electrons. The van der Waals surface area contributed by atoms with Crippen LogP contribution in [-0.4, -0.2) is 58.1 Å². The zero-order valence-corrected chi connectivity index (χ0v) is 18.8. The van der Waals surface area contributed by atoms with Gasteiger partial charge in [0.05, 0.1) is 18.1 Å². The minimum absolute atomic E-state index is 0.0683. The van der Waals surface area contributed by atoms with Gasteiger partial charge in [-0.15, -0.1) is 0 Å². The van der Waals surface area contributed by atoms with E-state index in [0.717, 1.165) is 5.56 Å². The normalized spacial score (nSPS) is 14.2. The highest BCUT2D eigenvalue weighted by molar-refractivity contribution is 7.89. The fourth-order valence-electron chi connectivity index (χ4n) is 3.08. The van der Waals surface area contributed by atoms with Crippen LogP contribution in [0.15, 0.2) is 53.4 Å². The average Bonchev–Trinajstić information content (AvgIpc) is 3.03. The molecule has 1 aliphatic rings. The molecule has 0 fully saturated rings. The lowest BCUT2D eigenvalue weighted by Crippen LogP contribution is -2.39. The van der Waals surface area contributed by atoms with E-state index < -0.39 is 34.5 Å². The molecule has 2 aromatic carbocycles. The lowest BCUT2D eigenvalue weighted by Gasteiger charge is -2.21. The second kappa shape index (κ2) is 10.5. The van der Waals surface area contributed by atoms with Crippen LogP contribution in [0.2, 0.25) is 0 Å². The Labute approximate surface area is 187 Å². The summed E-state index contributed by atoms with van der Waals surface area (Å²) in [6, 6.07) is 13.6. The van der Waals surface area contributed by atoms with Crippen molar-refractivity contribution >= 4 is 21.9 Å². The van der Waals surface area contributed by atoms with Gasteiger partial charge in [0.2, 0.25) is 10.0 Å². The van der Waals surface area contributed by atoms with Gasteiger partial charge in [0.25, 0.3) is 5.91 Å². The van der Waals surface area contributed by atoms with E-state index in [2.05, 4.69) is 4.72 Å². The van der Waals surface area contributed by atoms with Crippen LogP contribution in [0, 0.1) is 0 Å². The van der Waals surface area contributed by atoms with E-state index in [4.69, 9.17) is 14.2 Å². The van der Waals surface area contributed by atoms with Crippen molar-refractivity contribution in [2.24, 2.45) is 0 Å². The predicted molar refractivity (Wildman–Crippen MR) is 116 cm³/mol. The van der Waals surface area contributed by atoms with E-state index in [9.17, 15) is 18.0 Å². The summed E-state index contributed by atoms with van der Waals surface area (Å²) in [6.07, 6.45) is -0.364. The zero-order valence-electron chi connectivity index (χ0n) is 17.9. The molecule has 172 valence electrons. The quantitative estimate of drug-likeness (QED) is 0.595. The highest BCUT2D eigenvalue weighted by Gasteiger charge is 2.24. The summed E-state index contributed by atoms with van der Waals surface area (Å²) in [5.74, 6) is -0.466. The number of ether oxygens (including phenoxy) is 3. The van der Waals surface area contributed by atoms with E-state index in [1.165, 1.54) is 30.0 Å². The monoisotopic (exact) mass is 462 g/mol. The Morgan fingerprint density at radius 2 is 1.78 bits per heavy atom. The summed E-state index contributed by atoms with van der Waals surface area (Å²) in [6.45, 7) is 2.09. The topological polar surface area (TPSA) is 111 Å². The molecular weight excluding hydrogens is 436 g/mol. The van der Waals surface area contributed by atoms with Crippen molar-refractivity contribution in [3.8, 4) is 11.5 Å². The Bertz CT molecular complexity index is 1060. The number of sulfonamides is 1. The first-order valence-corrected chi connectivity index (χ1v) is 11.6. The van der Waals surface area contributed by atoms with E-state index >= 15 is 0 Å². The van der Waals surface area contributed by atoms with Crippen LogP contribution in [0.5, 0.6) is 11.5 Å². The number of fused-ring (bicyclic) bond motifs is 1. The molecule has 0 saturated heterocycles. The summed E-state index contributed by atoms with van der Waals surface area (Å²) >= 11 is 0. The third-order valence-corrected chi connectivity index (χ3v) is 6.13. The predicted octanol–water partition coefficient (Wildman–Crippen LogP) is 1.72. The van der Waals surface area contributed by atoms with Gasteiger partial charge in [-0.05, 0) is 24.6 Å². The van der Waals surface area contributed by atoms with Crippen LogP contribution in [0.3, 0.4) is 0 Å². The molecular formula is C22H26N2O7S. The van der Waals surface area contributed by atoms with E-state index in [-0.39, 0.29) is 4.90 Å². The maximum atomic E-state index is 12.5. The van der Waals surface area contributed by atoms with Gasteiger partial charge in [0.1, 0.15) is 6.54 Å². The number of nitrogens with zero attached hydrogens (tertiary/aromatic N) is 1. The van der Waals surface area contributed by atoms with E-state index in [0.29, 0.717) is 37.7 Å². The molecule has 1 aliphatic heterocycles. The lowest BCUT2D eigenvalue weighted by molar-refractivity contribution is -0.157. The number of hydrogen-bond donors (Lipinski definition) is 1. The molecule has 1 N–H and O–H groups in total. The highest BCUT2D eigenvalue weighted by atomic mass is 32.2. The lowest BCUT2D eigenvalue weighted by atomic mass is 10.2. The smallest absolute Gasteiger partial charge is 0.321 e. The van der Waals surface area contributed by atoms with Crippen molar-refractivity contribution in [1.29, 1.82) is 0 Å². The number of esters is 1. The summed E-state index contributed by atoms with van der Waals surface area (Å²) < 4.78 is 43.4.